The van der Waals surface area contributed by atoms with Gasteiger partial charge in [0.05, 0.1) is 12.2 Å². The number of nitrogens with zero attached hydrogens (tertiary/aromatic N) is 1. The van der Waals surface area contributed by atoms with Crippen LogP contribution in [0.2, 0.25) is 0 Å². The molecule has 6 heteroatoms. The second-order valence-electron chi connectivity index (χ2n) is 6.02. The Morgan fingerprint density at radius 1 is 1.24 bits per heavy atom. The van der Waals surface area contributed by atoms with Crippen molar-refractivity contribution < 1.29 is 19.4 Å². The van der Waals surface area contributed by atoms with Gasteiger partial charge >= 0.3 is 0 Å². The monoisotopic (exact) mass is 403 g/mol. The lowest BCUT2D eigenvalue weighted by Gasteiger charge is -2.22. The number of hydrogen-bond acceptors (Lipinski definition) is 4. The summed E-state index contributed by atoms with van der Waals surface area (Å²) >= 11 is 3.36. The fourth-order valence-electron chi connectivity index (χ4n) is 3.05. The van der Waals surface area contributed by atoms with Crippen molar-refractivity contribution in [2.45, 2.75) is 18.9 Å². The van der Waals surface area contributed by atoms with E-state index in [0.29, 0.717) is 17.0 Å². The van der Waals surface area contributed by atoms with Gasteiger partial charge in [0.25, 0.3) is 5.91 Å². The number of amides is 1. The summed E-state index contributed by atoms with van der Waals surface area (Å²) in [6.45, 7) is 1.92. The third-order valence-corrected chi connectivity index (χ3v) is 4.62. The van der Waals surface area contributed by atoms with Crippen molar-refractivity contribution in [2.75, 3.05) is 18.1 Å². The highest BCUT2D eigenvalue weighted by atomic mass is 79.9. The minimum atomic E-state index is -1.82. The van der Waals surface area contributed by atoms with Gasteiger partial charge in [0.2, 0.25) is 0 Å². The summed E-state index contributed by atoms with van der Waals surface area (Å²) in [6.07, 6.45) is -0.245. The van der Waals surface area contributed by atoms with Gasteiger partial charge < -0.3 is 14.7 Å². The number of fused-ring (bicyclic) bond motifs is 1. The molecule has 0 aromatic heterocycles. The van der Waals surface area contributed by atoms with Crippen molar-refractivity contribution in [1.82, 2.24) is 0 Å². The van der Waals surface area contributed by atoms with E-state index in [0.717, 1.165) is 4.47 Å². The van der Waals surface area contributed by atoms with Crippen LogP contribution in [-0.2, 0) is 15.2 Å². The van der Waals surface area contributed by atoms with E-state index in [1.807, 2.05) is 30.3 Å². The lowest BCUT2D eigenvalue weighted by Crippen LogP contribution is -2.43. The van der Waals surface area contributed by atoms with Crippen LogP contribution in [0.5, 0.6) is 5.75 Å². The van der Waals surface area contributed by atoms with Gasteiger partial charge in [-0.25, -0.2) is 0 Å². The van der Waals surface area contributed by atoms with Gasteiger partial charge in [-0.2, -0.15) is 0 Å². The van der Waals surface area contributed by atoms with Crippen molar-refractivity contribution in [2.24, 2.45) is 0 Å². The van der Waals surface area contributed by atoms with E-state index in [1.54, 1.807) is 18.2 Å². The van der Waals surface area contributed by atoms with Crippen LogP contribution in [0.4, 0.5) is 5.69 Å². The Labute approximate surface area is 154 Å². The lowest BCUT2D eigenvalue weighted by molar-refractivity contribution is -0.141. The van der Waals surface area contributed by atoms with E-state index in [1.165, 1.54) is 11.8 Å². The molecule has 1 amide bonds. The summed E-state index contributed by atoms with van der Waals surface area (Å²) in [5.41, 5.74) is -0.770. The summed E-state index contributed by atoms with van der Waals surface area (Å²) in [7, 11) is 0. The highest BCUT2D eigenvalue weighted by Crippen LogP contribution is 2.43. The van der Waals surface area contributed by atoms with E-state index in [-0.39, 0.29) is 25.4 Å². The molecule has 1 heterocycles. The van der Waals surface area contributed by atoms with Crippen LogP contribution in [0.3, 0.4) is 0 Å². The van der Waals surface area contributed by atoms with Gasteiger partial charge in [0, 0.05) is 16.5 Å². The Bertz CT molecular complexity index is 808. The zero-order valence-corrected chi connectivity index (χ0v) is 15.3. The topological polar surface area (TPSA) is 66.8 Å². The molecule has 0 saturated carbocycles. The van der Waals surface area contributed by atoms with Crippen LogP contribution >= 0.6 is 15.9 Å². The van der Waals surface area contributed by atoms with E-state index in [2.05, 4.69) is 15.9 Å². The van der Waals surface area contributed by atoms with E-state index in [4.69, 9.17) is 4.74 Å². The summed E-state index contributed by atoms with van der Waals surface area (Å²) in [6, 6.07) is 14.6. The third kappa shape index (κ3) is 3.45. The van der Waals surface area contributed by atoms with Crippen molar-refractivity contribution in [1.29, 1.82) is 0 Å². The summed E-state index contributed by atoms with van der Waals surface area (Å²) in [5.74, 6) is -0.0270. The van der Waals surface area contributed by atoms with Crippen molar-refractivity contribution >= 4 is 33.3 Å². The van der Waals surface area contributed by atoms with E-state index in [9.17, 15) is 14.7 Å². The largest absolute Gasteiger partial charge is 0.492 e. The molecule has 0 unspecified atom stereocenters. The van der Waals surface area contributed by atoms with Crippen LogP contribution < -0.4 is 9.64 Å². The fourth-order valence-corrected chi connectivity index (χ4v) is 3.41. The Hall–Kier alpha value is -2.18. The summed E-state index contributed by atoms with van der Waals surface area (Å²) in [5, 5.41) is 10.9. The number of halogens is 1. The minimum Gasteiger partial charge on any atom is -0.492 e. The molecule has 1 atom stereocenters. The lowest BCUT2D eigenvalue weighted by atomic mass is 9.90. The number of ether oxygens (including phenoxy) is 1. The normalized spacial score (nSPS) is 19.0. The molecule has 2 aromatic carbocycles. The van der Waals surface area contributed by atoms with Gasteiger partial charge in [-0.1, -0.05) is 34.1 Å². The molecule has 0 radical (unpaired) electrons. The first-order valence-corrected chi connectivity index (χ1v) is 8.73. The molecule has 0 saturated heterocycles. The third-order valence-electron chi connectivity index (χ3n) is 4.13. The molecule has 1 aliphatic rings. The Balaban J connectivity index is 1.83. The summed E-state index contributed by atoms with van der Waals surface area (Å²) in [4.78, 5) is 25.9. The number of rotatable bonds is 6. The zero-order chi connectivity index (χ0) is 18.0. The average Bonchev–Trinajstić information content (AvgIpc) is 2.77. The second kappa shape index (κ2) is 6.98. The summed E-state index contributed by atoms with van der Waals surface area (Å²) < 4.78 is 6.39. The smallest absolute Gasteiger partial charge is 0.264 e. The number of hydrogen-bond donors (Lipinski definition) is 1. The number of ketones is 1. The first-order chi connectivity index (χ1) is 11.9. The van der Waals surface area contributed by atoms with Gasteiger partial charge in [0.1, 0.15) is 18.1 Å². The molecule has 5 nitrogen and oxygen atoms in total. The predicted octanol–water partition coefficient (Wildman–Crippen LogP) is 3.04. The van der Waals surface area contributed by atoms with E-state index < -0.39 is 11.5 Å². The average molecular weight is 404 g/mol. The SMILES string of the molecule is CC(=O)C[C@@]1(O)C(=O)N(CCOc2ccccc2)c2ccc(Br)cc21. The van der Waals surface area contributed by atoms with Gasteiger partial charge in [-0.05, 0) is 37.3 Å². The minimum absolute atomic E-state index is 0.245. The Morgan fingerprint density at radius 2 is 1.96 bits per heavy atom. The quantitative estimate of drug-likeness (QED) is 0.804. The number of aliphatic hydroxyl groups is 1. The van der Waals surface area contributed by atoms with Crippen LogP contribution in [0.1, 0.15) is 18.9 Å². The van der Waals surface area contributed by atoms with Crippen LogP contribution in [0.15, 0.2) is 53.0 Å². The van der Waals surface area contributed by atoms with Crippen molar-refractivity contribution in [3.63, 3.8) is 0 Å². The molecule has 0 aliphatic carbocycles. The molecule has 1 N–H and O–H groups in total. The molecular weight excluding hydrogens is 386 g/mol. The molecule has 0 fully saturated rings. The molecule has 0 spiro atoms. The number of para-hydroxylation sites is 1. The Morgan fingerprint density at radius 3 is 2.64 bits per heavy atom. The van der Waals surface area contributed by atoms with Gasteiger partial charge in [-0.15, -0.1) is 0 Å². The first kappa shape index (κ1) is 17.6. The molecule has 2 aromatic rings. The first-order valence-electron chi connectivity index (χ1n) is 7.93. The van der Waals surface area contributed by atoms with Crippen LogP contribution in [0, 0.1) is 0 Å². The molecular formula is C19H18BrNO4. The van der Waals surface area contributed by atoms with E-state index >= 15 is 0 Å². The maximum Gasteiger partial charge on any atom is 0.264 e. The molecule has 130 valence electrons. The van der Waals surface area contributed by atoms with Gasteiger partial charge in [-0.3, -0.25) is 9.59 Å². The fraction of sp³-hybridized carbons (Fsp3) is 0.263. The maximum atomic E-state index is 12.8. The number of Topliss-reactive ketones (excluding diaryl/α,β-unsaturated/α-hetero) is 1. The molecule has 1 aliphatic heterocycles. The second-order valence-corrected chi connectivity index (χ2v) is 6.93. The zero-order valence-electron chi connectivity index (χ0n) is 13.7. The predicted molar refractivity (Wildman–Crippen MR) is 97.6 cm³/mol. The maximum absolute atomic E-state index is 12.8. The van der Waals surface area contributed by atoms with Crippen LogP contribution in [0.25, 0.3) is 0 Å². The highest BCUT2D eigenvalue weighted by molar-refractivity contribution is 9.10. The highest BCUT2D eigenvalue weighted by Gasteiger charge is 2.50. The molecule has 3 rings (SSSR count). The van der Waals surface area contributed by atoms with Gasteiger partial charge in [0.15, 0.2) is 5.60 Å². The van der Waals surface area contributed by atoms with Crippen LogP contribution in [-0.4, -0.2) is 29.9 Å². The number of benzene rings is 2. The number of anilines is 1. The molecule has 25 heavy (non-hydrogen) atoms. The number of carbonyl (C=O) groups is 2. The van der Waals surface area contributed by atoms with Crippen molar-refractivity contribution in [3.05, 3.63) is 58.6 Å². The Kier molecular flexibility index (Phi) is 4.92. The number of carbonyl (C=O) groups excluding carboxylic acids is 2. The molecule has 0 bridgehead atoms. The standard InChI is InChI=1S/C19H18BrNO4/c1-13(22)12-19(24)16-11-14(20)7-8-17(16)21(18(19)23)9-10-25-15-5-3-2-4-6-15/h2-8,11,24H,9-10,12H2,1H3/t19-/m0/s1. The van der Waals surface area contributed by atoms with Crippen molar-refractivity contribution in [3.8, 4) is 5.75 Å².